The van der Waals surface area contributed by atoms with Crippen LogP contribution in [0.4, 0.5) is 0 Å². The fourth-order valence-corrected chi connectivity index (χ4v) is 1.99. The summed E-state index contributed by atoms with van der Waals surface area (Å²) in [6.07, 6.45) is 4.96. The molecule has 0 unspecified atom stereocenters. The van der Waals surface area contributed by atoms with Crippen LogP contribution in [0.5, 0.6) is 0 Å². The number of halogens is 1. The first-order chi connectivity index (χ1) is 5.84. The van der Waals surface area contributed by atoms with Crippen LogP contribution >= 0.6 is 23.7 Å². The van der Waals surface area contributed by atoms with E-state index in [4.69, 9.17) is 5.73 Å². The molecule has 2 N–H and O–H groups in total. The standard InChI is InChI=1S/C10H17NS.ClH/c1-2-3-4-5-10(11)9-6-7-12-8-9;/h6-8,10H,2-5,11H2,1H3;1H/t10-;/m0./s1. The lowest BCUT2D eigenvalue weighted by molar-refractivity contribution is 0.582. The highest BCUT2D eigenvalue weighted by molar-refractivity contribution is 7.07. The molecule has 0 aliphatic heterocycles. The fraction of sp³-hybridized carbons (Fsp3) is 0.600. The summed E-state index contributed by atoms with van der Waals surface area (Å²) in [7, 11) is 0. The quantitative estimate of drug-likeness (QED) is 0.751. The van der Waals surface area contributed by atoms with Gasteiger partial charge in [-0.2, -0.15) is 11.3 Å². The van der Waals surface area contributed by atoms with E-state index in [0.29, 0.717) is 0 Å². The zero-order valence-electron chi connectivity index (χ0n) is 8.03. The highest BCUT2D eigenvalue weighted by atomic mass is 35.5. The Balaban J connectivity index is 0.00000144. The number of thiophene rings is 1. The van der Waals surface area contributed by atoms with Crippen molar-refractivity contribution in [2.75, 3.05) is 0 Å². The van der Waals surface area contributed by atoms with Crippen LogP contribution in [0, 0.1) is 0 Å². The van der Waals surface area contributed by atoms with Gasteiger partial charge in [0, 0.05) is 6.04 Å². The highest BCUT2D eigenvalue weighted by Crippen LogP contribution is 2.19. The van der Waals surface area contributed by atoms with Gasteiger partial charge in [0.2, 0.25) is 0 Å². The van der Waals surface area contributed by atoms with E-state index >= 15 is 0 Å². The van der Waals surface area contributed by atoms with Crippen molar-refractivity contribution in [3.05, 3.63) is 22.4 Å². The number of hydrogen-bond donors (Lipinski definition) is 1. The molecule has 1 nitrogen and oxygen atoms in total. The molecule has 0 spiro atoms. The first kappa shape index (κ1) is 12.9. The highest BCUT2D eigenvalue weighted by Gasteiger charge is 2.04. The van der Waals surface area contributed by atoms with E-state index in [2.05, 4.69) is 23.8 Å². The molecule has 0 fully saturated rings. The smallest absolute Gasteiger partial charge is 0.0303 e. The second-order valence-corrected chi connectivity index (χ2v) is 3.94. The van der Waals surface area contributed by atoms with Crippen molar-refractivity contribution >= 4 is 23.7 Å². The second kappa shape index (κ2) is 7.36. The largest absolute Gasteiger partial charge is 0.324 e. The van der Waals surface area contributed by atoms with E-state index in [9.17, 15) is 0 Å². The zero-order chi connectivity index (χ0) is 8.81. The van der Waals surface area contributed by atoms with Gasteiger partial charge in [-0.1, -0.05) is 26.2 Å². The van der Waals surface area contributed by atoms with Crippen molar-refractivity contribution in [2.24, 2.45) is 5.73 Å². The maximum absolute atomic E-state index is 5.99. The average Bonchev–Trinajstić information content (AvgIpc) is 2.56. The lowest BCUT2D eigenvalue weighted by atomic mass is 10.0. The van der Waals surface area contributed by atoms with Crippen molar-refractivity contribution in [3.8, 4) is 0 Å². The molecule has 0 bridgehead atoms. The third-order valence-electron chi connectivity index (χ3n) is 2.09. The van der Waals surface area contributed by atoms with Crippen LogP contribution in [0.1, 0.15) is 44.2 Å². The molecule has 0 aromatic carbocycles. The molecule has 13 heavy (non-hydrogen) atoms. The van der Waals surface area contributed by atoms with Crippen molar-refractivity contribution < 1.29 is 0 Å². The maximum atomic E-state index is 5.99. The predicted octanol–water partition coefficient (Wildman–Crippen LogP) is 3.75. The molecule has 1 aromatic heterocycles. The topological polar surface area (TPSA) is 26.0 Å². The predicted molar refractivity (Wildman–Crippen MR) is 62.6 cm³/mol. The lowest BCUT2D eigenvalue weighted by Crippen LogP contribution is -2.08. The number of unbranched alkanes of at least 4 members (excludes halogenated alkanes) is 2. The molecule has 0 aliphatic carbocycles. The maximum Gasteiger partial charge on any atom is 0.0303 e. The van der Waals surface area contributed by atoms with Gasteiger partial charge in [-0.3, -0.25) is 0 Å². The number of nitrogens with two attached hydrogens (primary N) is 1. The molecule has 1 rings (SSSR count). The van der Waals surface area contributed by atoms with Gasteiger partial charge in [0.1, 0.15) is 0 Å². The summed E-state index contributed by atoms with van der Waals surface area (Å²) in [5.41, 5.74) is 7.29. The molecular weight excluding hydrogens is 202 g/mol. The normalized spacial score (nSPS) is 12.2. The summed E-state index contributed by atoms with van der Waals surface area (Å²) in [6, 6.07) is 2.39. The minimum atomic E-state index is 0. The Morgan fingerprint density at radius 3 is 2.77 bits per heavy atom. The Labute approximate surface area is 90.8 Å². The number of hydrogen-bond acceptors (Lipinski definition) is 2. The van der Waals surface area contributed by atoms with E-state index in [-0.39, 0.29) is 18.4 Å². The third-order valence-corrected chi connectivity index (χ3v) is 2.79. The summed E-state index contributed by atoms with van der Waals surface area (Å²) >= 11 is 1.73. The molecule has 76 valence electrons. The second-order valence-electron chi connectivity index (χ2n) is 3.16. The first-order valence-electron chi connectivity index (χ1n) is 4.62. The summed E-state index contributed by atoms with van der Waals surface area (Å²) in [5, 5.41) is 4.24. The van der Waals surface area contributed by atoms with Gasteiger partial charge in [-0.15, -0.1) is 12.4 Å². The van der Waals surface area contributed by atoms with Crippen molar-refractivity contribution in [1.82, 2.24) is 0 Å². The summed E-state index contributed by atoms with van der Waals surface area (Å²) in [4.78, 5) is 0. The Morgan fingerprint density at radius 2 is 2.23 bits per heavy atom. The van der Waals surface area contributed by atoms with Crippen LogP contribution in [-0.4, -0.2) is 0 Å². The lowest BCUT2D eigenvalue weighted by Gasteiger charge is -2.08. The Morgan fingerprint density at radius 1 is 1.46 bits per heavy atom. The Hall–Kier alpha value is -0.0500. The molecule has 0 amide bonds. The van der Waals surface area contributed by atoms with Crippen LogP contribution in [0.25, 0.3) is 0 Å². The van der Waals surface area contributed by atoms with Gasteiger partial charge in [0.15, 0.2) is 0 Å². The van der Waals surface area contributed by atoms with Crippen LogP contribution in [0.15, 0.2) is 16.8 Å². The van der Waals surface area contributed by atoms with E-state index in [1.54, 1.807) is 11.3 Å². The van der Waals surface area contributed by atoms with Gasteiger partial charge in [-0.05, 0) is 28.8 Å². The molecule has 1 aromatic rings. The van der Waals surface area contributed by atoms with E-state index in [1.807, 2.05) is 0 Å². The molecule has 0 saturated carbocycles. The van der Waals surface area contributed by atoms with Crippen LogP contribution in [0.2, 0.25) is 0 Å². The third kappa shape index (κ3) is 4.65. The van der Waals surface area contributed by atoms with E-state index in [1.165, 1.54) is 24.8 Å². The van der Waals surface area contributed by atoms with Gasteiger partial charge in [0.25, 0.3) is 0 Å². The molecule has 0 aliphatic rings. The monoisotopic (exact) mass is 219 g/mol. The summed E-state index contributed by atoms with van der Waals surface area (Å²) in [6.45, 7) is 2.22. The minimum absolute atomic E-state index is 0. The Bertz CT molecular complexity index is 199. The van der Waals surface area contributed by atoms with Crippen molar-refractivity contribution in [1.29, 1.82) is 0 Å². The zero-order valence-corrected chi connectivity index (χ0v) is 9.66. The average molecular weight is 220 g/mol. The van der Waals surface area contributed by atoms with Crippen LogP contribution in [-0.2, 0) is 0 Å². The molecule has 0 saturated heterocycles. The molecule has 1 atom stereocenters. The van der Waals surface area contributed by atoms with E-state index < -0.39 is 0 Å². The van der Waals surface area contributed by atoms with E-state index in [0.717, 1.165) is 6.42 Å². The van der Waals surface area contributed by atoms with Crippen molar-refractivity contribution in [3.63, 3.8) is 0 Å². The summed E-state index contributed by atoms with van der Waals surface area (Å²) in [5.74, 6) is 0. The van der Waals surface area contributed by atoms with Crippen LogP contribution in [0.3, 0.4) is 0 Å². The van der Waals surface area contributed by atoms with Gasteiger partial charge in [-0.25, -0.2) is 0 Å². The van der Waals surface area contributed by atoms with Crippen LogP contribution < -0.4 is 5.73 Å². The van der Waals surface area contributed by atoms with Gasteiger partial charge < -0.3 is 5.73 Å². The Kier molecular flexibility index (Phi) is 7.33. The first-order valence-corrected chi connectivity index (χ1v) is 5.56. The molecule has 1 heterocycles. The van der Waals surface area contributed by atoms with Gasteiger partial charge >= 0.3 is 0 Å². The fourth-order valence-electron chi connectivity index (χ4n) is 1.27. The molecule has 0 radical (unpaired) electrons. The number of rotatable bonds is 5. The molecular formula is C10H18ClNS. The molecule has 3 heteroatoms. The van der Waals surface area contributed by atoms with Crippen molar-refractivity contribution in [2.45, 2.75) is 38.6 Å². The summed E-state index contributed by atoms with van der Waals surface area (Å²) < 4.78 is 0. The minimum Gasteiger partial charge on any atom is -0.324 e. The SMILES string of the molecule is CCCCC[C@H](N)c1ccsc1.Cl. The van der Waals surface area contributed by atoms with Gasteiger partial charge in [0.05, 0.1) is 0 Å².